The van der Waals surface area contributed by atoms with E-state index in [1.807, 2.05) is 25.1 Å². The summed E-state index contributed by atoms with van der Waals surface area (Å²) < 4.78 is 13.1. The first-order valence-electron chi connectivity index (χ1n) is 9.30. The van der Waals surface area contributed by atoms with Crippen LogP contribution < -0.4 is 5.32 Å². The van der Waals surface area contributed by atoms with E-state index in [0.717, 1.165) is 28.8 Å². The van der Waals surface area contributed by atoms with Crippen molar-refractivity contribution < 1.29 is 14.0 Å². The number of nitrogens with one attached hydrogen (secondary N) is 1. The van der Waals surface area contributed by atoms with E-state index < -0.39 is 0 Å². The molecular weight excluding hydrogens is 373 g/mol. The highest BCUT2D eigenvalue weighted by Gasteiger charge is 2.25. The number of rotatable bonds is 6. The minimum absolute atomic E-state index is 0.132. The van der Waals surface area contributed by atoms with Crippen LogP contribution in [0.3, 0.4) is 0 Å². The van der Waals surface area contributed by atoms with Gasteiger partial charge in [-0.2, -0.15) is 0 Å². The Morgan fingerprint density at radius 1 is 1.07 bits per heavy atom. The summed E-state index contributed by atoms with van der Waals surface area (Å²) in [5, 5.41) is 2.92. The minimum Gasteiger partial charge on any atom is -0.321 e. The van der Waals surface area contributed by atoms with E-state index in [9.17, 15) is 14.0 Å². The molecule has 2 aromatic carbocycles. The molecule has 0 saturated heterocycles. The number of anilines is 1. The lowest BCUT2D eigenvalue weighted by Crippen LogP contribution is -2.12. The lowest BCUT2D eigenvalue weighted by Gasteiger charge is -2.10. The number of hydrogen-bond acceptors (Lipinski definition) is 3. The summed E-state index contributed by atoms with van der Waals surface area (Å²) in [7, 11) is 0. The third kappa shape index (κ3) is 4.20. The van der Waals surface area contributed by atoms with Crippen LogP contribution in [0.15, 0.2) is 54.6 Å². The van der Waals surface area contributed by atoms with Gasteiger partial charge in [-0.15, -0.1) is 11.3 Å². The third-order valence-electron chi connectivity index (χ3n) is 4.94. The fourth-order valence-corrected chi connectivity index (χ4v) is 3.95. The van der Waals surface area contributed by atoms with E-state index in [4.69, 9.17) is 0 Å². The van der Waals surface area contributed by atoms with Crippen LogP contribution in [-0.2, 0) is 0 Å². The molecule has 4 rings (SSSR count). The molecule has 1 N–H and O–H groups in total. The Morgan fingerprint density at radius 3 is 2.54 bits per heavy atom. The quantitative estimate of drug-likeness (QED) is 0.515. The van der Waals surface area contributed by atoms with Gasteiger partial charge in [-0.1, -0.05) is 24.3 Å². The zero-order chi connectivity index (χ0) is 19.7. The normalized spacial score (nSPS) is 13.4. The zero-order valence-electron chi connectivity index (χ0n) is 15.5. The molecule has 1 heterocycles. The second-order valence-electron chi connectivity index (χ2n) is 7.23. The number of carbonyl (C=O) groups is 2. The summed E-state index contributed by atoms with van der Waals surface area (Å²) in [6.07, 6.45) is 2.86. The highest BCUT2D eigenvalue weighted by molar-refractivity contribution is 7.17. The number of thiophene rings is 1. The van der Waals surface area contributed by atoms with Crippen LogP contribution in [0.5, 0.6) is 0 Å². The van der Waals surface area contributed by atoms with Crippen LogP contribution >= 0.6 is 11.3 Å². The van der Waals surface area contributed by atoms with E-state index in [2.05, 4.69) is 5.32 Å². The summed E-state index contributed by atoms with van der Waals surface area (Å²) in [5.74, 6) is 0.161. The molecule has 0 radical (unpaired) electrons. The smallest absolute Gasteiger partial charge is 0.265 e. The first kappa shape index (κ1) is 18.6. The van der Waals surface area contributed by atoms with Crippen molar-refractivity contribution >= 4 is 28.7 Å². The van der Waals surface area contributed by atoms with Gasteiger partial charge in [-0.25, -0.2) is 4.39 Å². The van der Waals surface area contributed by atoms with Crippen molar-refractivity contribution in [1.82, 2.24) is 0 Å². The van der Waals surface area contributed by atoms with Gasteiger partial charge in [0.1, 0.15) is 5.82 Å². The van der Waals surface area contributed by atoms with Crippen molar-refractivity contribution in [3.63, 3.8) is 0 Å². The molecule has 28 heavy (non-hydrogen) atoms. The Hall–Kier alpha value is -2.79. The highest BCUT2D eigenvalue weighted by atomic mass is 32.1. The van der Waals surface area contributed by atoms with Gasteiger partial charge < -0.3 is 5.32 Å². The number of Topliss-reactive ketones (excluding diaryl/α,β-unsaturated/α-hetero) is 1. The van der Waals surface area contributed by atoms with Crippen LogP contribution in [0.4, 0.5) is 10.1 Å². The molecule has 1 amide bonds. The van der Waals surface area contributed by atoms with E-state index in [1.54, 1.807) is 24.3 Å². The molecule has 0 unspecified atom stereocenters. The Labute approximate surface area is 167 Å². The molecule has 1 aromatic heterocycles. The molecule has 3 aromatic rings. The van der Waals surface area contributed by atoms with Crippen LogP contribution in [-0.4, -0.2) is 11.7 Å². The summed E-state index contributed by atoms with van der Waals surface area (Å²) in [4.78, 5) is 26.5. The van der Waals surface area contributed by atoms with Crippen molar-refractivity contribution in [3.8, 4) is 10.4 Å². The Morgan fingerprint density at radius 2 is 1.82 bits per heavy atom. The maximum Gasteiger partial charge on any atom is 0.265 e. The van der Waals surface area contributed by atoms with Crippen LogP contribution in [0.1, 0.15) is 44.9 Å². The lowest BCUT2D eigenvalue weighted by atomic mass is 10.0. The maximum absolute atomic E-state index is 13.1. The minimum atomic E-state index is -0.287. The molecule has 142 valence electrons. The summed E-state index contributed by atoms with van der Waals surface area (Å²) in [6, 6.07) is 15.3. The van der Waals surface area contributed by atoms with Crippen molar-refractivity contribution in [2.75, 3.05) is 5.32 Å². The Bertz CT molecular complexity index is 1040. The number of halogens is 1. The van der Waals surface area contributed by atoms with Crippen LogP contribution in [0.25, 0.3) is 10.4 Å². The predicted molar refractivity (Wildman–Crippen MR) is 111 cm³/mol. The topological polar surface area (TPSA) is 46.2 Å². The van der Waals surface area contributed by atoms with Gasteiger partial charge in [0.15, 0.2) is 5.78 Å². The zero-order valence-corrected chi connectivity index (χ0v) is 16.3. The van der Waals surface area contributed by atoms with Crippen molar-refractivity contribution in [2.45, 2.75) is 26.2 Å². The van der Waals surface area contributed by atoms with Crippen molar-refractivity contribution in [3.05, 3.63) is 76.4 Å². The first-order chi connectivity index (χ1) is 13.5. The summed E-state index contributed by atoms with van der Waals surface area (Å²) in [5.41, 5.74) is 3.08. The van der Waals surface area contributed by atoms with Crippen molar-refractivity contribution in [2.24, 2.45) is 5.92 Å². The fraction of sp³-hybridized carbons (Fsp3) is 0.217. The van der Waals surface area contributed by atoms with Gasteiger partial charge in [-0.3, -0.25) is 9.59 Å². The second-order valence-corrected chi connectivity index (χ2v) is 8.31. The predicted octanol–water partition coefficient (Wildman–Crippen LogP) is 6.10. The molecule has 3 nitrogen and oxygen atoms in total. The Kier molecular flexibility index (Phi) is 5.09. The number of hydrogen-bond donors (Lipinski definition) is 1. The van der Waals surface area contributed by atoms with E-state index in [0.29, 0.717) is 28.5 Å². The molecule has 1 aliphatic carbocycles. The Balaban J connectivity index is 1.50. The monoisotopic (exact) mass is 393 g/mol. The summed E-state index contributed by atoms with van der Waals surface area (Å²) in [6.45, 7) is 1.91. The van der Waals surface area contributed by atoms with Gasteiger partial charge >= 0.3 is 0 Å². The fourth-order valence-electron chi connectivity index (χ4n) is 3.05. The van der Waals surface area contributed by atoms with Gasteiger partial charge in [0.25, 0.3) is 5.91 Å². The van der Waals surface area contributed by atoms with E-state index >= 15 is 0 Å². The molecule has 1 fully saturated rings. The molecule has 0 bridgehead atoms. The molecule has 0 spiro atoms. The number of benzene rings is 2. The SMILES string of the molecule is Cc1ccc(C(=O)CC2CC2)cc1NC(=O)c1ccc(-c2ccc(F)cc2)s1. The molecule has 1 aliphatic rings. The largest absolute Gasteiger partial charge is 0.321 e. The van der Waals surface area contributed by atoms with Crippen LogP contribution in [0, 0.1) is 18.7 Å². The summed E-state index contributed by atoms with van der Waals surface area (Å²) >= 11 is 1.35. The van der Waals surface area contributed by atoms with Crippen LogP contribution in [0.2, 0.25) is 0 Å². The molecule has 5 heteroatoms. The molecule has 0 atom stereocenters. The van der Waals surface area contributed by atoms with Gasteiger partial charge in [-0.05, 0) is 67.1 Å². The van der Waals surface area contributed by atoms with Gasteiger partial charge in [0.2, 0.25) is 0 Å². The van der Waals surface area contributed by atoms with E-state index in [1.165, 1.54) is 23.5 Å². The standard InChI is InChI=1S/C23H20FNO2S/c1-14-2-5-17(20(26)12-15-3-4-15)13-19(14)25-23(27)22-11-10-21(28-22)16-6-8-18(24)9-7-16/h2,5-11,13,15H,3-4,12H2,1H3,(H,25,27). The average molecular weight is 393 g/mol. The second kappa shape index (κ2) is 7.68. The van der Waals surface area contributed by atoms with Gasteiger partial charge in [0.05, 0.1) is 4.88 Å². The highest BCUT2D eigenvalue weighted by Crippen LogP contribution is 2.34. The molecule has 1 saturated carbocycles. The number of amides is 1. The van der Waals surface area contributed by atoms with Gasteiger partial charge in [0, 0.05) is 22.5 Å². The maximum atomic E-state index is 13.1. The molecular formula is C23H20FNO2S. The van der Waals surface area contributed by atoms with Crippen molar-refractivity contribution in [1.29, 1.82) is 0 Å². The number of carbonyl (C=O) groups excluding carboxylic acids is 2. The molecule has 0 aliphatic heterocycles. The first-order valence-corrected chi connectivity index (χ1v) is 10.1. The number of ketones is 1. The average Bonchev–Trinajstić information content (AvgIpc) is 3.35. The third-order valence-corrected chi connectivity index (χ3v) is 6.07. The number of aryl methyl sites for hydroxylation is 1. The lowest BCUT2D eigenvalue weighted by molar-refractivity contribution is 0.0974. The van der Waals surface area contributed by atoms with E-state index in [-0.39, 0.29) is 17.5 Å².